The Hall–Kier alpha value is -6.82. The molecule has 0 unspecified atom stereocenters. The molecule has 300 valence electrons. The predicted octanol–water partition coefficient (Wildman–Crippen LogP) is 4.44. The third-order valence-electron chi connectivity index (χ3n) is 7.72. The molecule has 0 radical (unpaired) electrons. The van der Waals surface area contributed by atoms with E-state index in [0.717, 1.165) is 12.1 Å². The lowest BCUT2D eigenvalue weighted by atomic mass is 10.1. The highest BCUT2D eigenvalue weighted by Crippen LogP contribution is 2.29. The maximum absolute atomic E-state index is 12.6. The van der Waals surface area contributed by atoms with Crippen LogP contribution in [0.3, 0.4) is 0 Å². The van der Waals surface area contributed by atoms with E-state index in [1.807, 2.05) is 60.7 Å². The van der Waals surface area contributed by atoms with Gasteiger partial charge in [0.2, 0.25) is 35.7 Å². The lowest BCUT2D eigenvalue weighted by molar-refractivity contribution is 0.480. The normalized spacial score (nSPS) is 11.6. The summed E-state index contributed by atoms with van der Waals surface area (Å²) in [5.41, 5.74) is 13.0. The van der Waals surface area contributed by atoms with Crippen LogP contribution in [0.1, 0.15) is 11.1 Å². The van der Waals surface area contributed by atoms with Gasteiger partial charge in [0, 0.05) is 48.9 Å². The number of hydrogen-bond acceptors (Lipinski definition) is 18. The number of nitrogens with two attached hydrogens (primary N) is 2. The van der Waals surface area contributed by atoms with Gasteiger partial charge in [0.25, 0.3) is 20.2 Å². The fourth-order valence-electron chi connectivity index (χ4n) is 5.19. The number of aromatic nitrogens is 6. The van der Waals surface area contributed by atoms with E-state index in [2.05, 4.69) is 61.8 Å². The van der Waals surface area contributed by atoms with Gasteiger partial charge in [0.05, 0.1) is 0 Å². The predicted molar refractivity (Wildman–Crippen MR) is 222 cm³/mol. The van der Waals surface area contributed by atoms with E-state index in [4.69, 9.17) is 11.5 Å². The fourth-order valence-corrected chi connectivity index (χ4v) is 6.61. The van der Waals surface area contributed by atoms with Gasteiger partial charge in [-0.2, -0.15) is 46.7 Å². The smallest absolute Gasteiger partial charge is 0.295 e. The number of nitrogens with one attached hydrogen (secondary N) is 6. The Kier molecular flexibility index (Phi) is 13.0. The summed E-state index contributed by atoms with van der Waals surface area (Å²) in [5.74, 6) is 0.802. The van der Waals surface area contributed by atoms with E-state index in [1.54, 1.807) is 0 Å². The van der Waals surface area contributed by atoms with Crippen molar-refractivity contribution < 1.29 is 25.9 Å². The van der Waals surface area contributed by atoms with E-state index in [1.165, 1.54) is 36.4 Å². The van der Waals surface area contributed by atoms with Gasteiger partial charge in [-0.05, 0) is 59.7 Å². The Morgan fingerprint density at radius 3 is 1.12 bits per heavy atom. The molecule has 4 aromatic carbocycles. The van der Waals surface area contributed by atoms with Crippen molar-refractivity contribution in [3.63, 3.8) is 0 Å². The molecule has 0 aliphatic heterocycles. The monoisotopic (exact) mass is 826 g/mol. The molecule has 2 heterocycles. The first kappa shape index (κ1) is 40.8. The van der Waals surface area contributed by atoms with Gasteiger partial charge < -0.3 is 43.4 Å². The van der Waals surface area contributed by atoms with Crippen molar-refractivity contribution in [2.24, 2.45) is 11.5 Å². The summed E-state index contributed by atoms with van der Waals surface area (Å²) in [7, 11) is -9.66. The topological polar surface area (TPSA) is 310 Å². The zero-order valence-electron chi connectivity index (χ0n) is 30.4. The minimum absolute atomic E-state index is 0.00920. The van der Waals surface area contributed by atoms with Gasteiger partial charge in [-0.1, -0.05) is 60.7 Å². The zero-order valence-corrected chi connectivity index (χ0v) is 32.0. The van der Waals surface area contributed by atoms with Gasteiger partial charge in [0.15, 0.2) is 0 Å². The molecule has 12 N–H and O–H groups in total. The van der Waals surface area contributed by atoms with Crippen molar-refractivity contribution >= 4 is 90.8 Å². The van der Waals surface area contributed by atoms with E-state index in [9.17, 15) is 25.9 Å². The first-order chi connectivity index (χ1) is 27.9. The summed E-state index contributed by atoms with van der Waals surface area (Å²) in [6, 6.07) is 26.3. The summed E-state index contributed by atoms with van der Waals surface area (Å²) in [5, 5.41) is 18.0. The van der Waals surface area contributed by atoms with Crippen LogP contribution >= 0.6 is 0 Å². The summed E-state index contributed by atoms with van der Waals surface area (Å²) in [4.78, 5) is 25.1. The number of nitrogens with zero attached hydrogens (tertiary/aromatic N) is 6. The van der Waals surface area contributed by atoms with Crippen molar-refractivity contribution in [3.8, 4) is 0 Å². The highest BCUT2D eigenvalue weighted by molar-refractivity contribution is 7.86. The van der Waals surface area contributed by atoms with Crippen molar-refractivity contribution in [1.82, 2.24) is 29.9 Å². The SMILES string of the molecule is NCCNc1nc(Nc2ccccc2)nc(Nc2ccc(/C=C/c3ccc(Nc4nc(NCCN)nc(Nc5ccccc5)n4)cc3S(=O)(=O)O)c(S(=O)(=O)O)c2)n1. The third kappa shape index (κ3) is 11.4. The van der Waals surface area contributed by atoms with E-state index >= 15 is 0 Å². The number of hydrogen-bond donors (Lipinski definition) is 10. The fraction of sp³-hybridized carbons (Fsp3) is 0.111. The highest BCUT2D eigenvalue weighted by Gasteiger charge is 2.19. The third-order valence-corrected chi connectivity index (χ3v) is 9.54. The quantitative estimate of drug-likeness (QED) is 0.0423. The Labute approximate surface area is 333 Å². The molecule has 0 aliphatic carbocycles. The molecule has 0 fully saturated rings. The number of benzene rings is 4. The summed E-state index contributed by atoms with van der Waals surface area (Å²) >= 11 is 0. The van der Waals surface area contributed by atoms with Crippen molar-refractivity contribution in [3.05, 3.63) is 108 Å². The minimum Gasteiger partial charge on any atom is -0.353 e. The second-order valence-corrected chi connectivity index (χ2v) is 14.8. The van der Waals surface area contributed by atoms with Crippen LogP contribution in [0, 0.1) is 0 Å². The molecule has 0 atom stereocenters. The van der Waals surface area contributed by atoms with Crippen LogP contribution in [0.15, 0.2) is 107 Å². The summed E-state index contributed by atoms with van der Waals surface area (Å²) < 4.78 is 70.8. The molecule has 0 amide bonds. The first-order valence-electron chi connectivity index (χ1n) is 17.4. The lowest BCUT2D eigenvalue weighted by Gasteiger charge is -2.13. The van der Waals surface area contributed by atoms with Gasteiger partial charge >= 0.3 is 0 Å². The molecule has 6 rings (SSSR count). The van der Waals surface area contributed by atoms with E-state index < -0.39 is 30.0 Å². The number of para-hydroxylation sites is 2. The number of anilines is 10. The molecule has 2 aromatic heterocycles. The van der Waals surface area contributed by atoms with Crippen molar-refractivity contribution in [2.45, 2.75) is 9.79 Å². The van der Waals surface area contributed by atoms with Gasteiger partial charge in [-0.3, -0.25) is 9.11 Å². The maximum Gasteiger partial charge on any atom is 0.295 e. The molecular weight excluding hydrogens is 789 g/mol. The maximum atomic E-state index is 12.6. The Bertz CT molecular complexity index is 2440. The van der Waals surface area contributed by atoms with Crippen LogP contribution in [0.4, 0.5) is 58.4 Å². The average Bonchev–Trinajstić information content (AvgIpc) is 3.19. The minimum atomic E-state index is -4.83. The van der Waals surface area contributed by atoms with E-state index in [-0.39, 0.29) is 58.2 Å². The molecule has 20 nitrogen and oxygen atoms in total. The lowest BCUT2D eigenvalue weighted by Crippen LogP contribution is -2.16. The molecular formula is C36H38N14O6S2. The second kappa shape index (κ2) is 18.4. The number of rotatable bonds is 18. The average molecular weight is 827 g/mol. The van der Waals surface area contributed by atoms with Crippen LogP contribution < -0.4 is 43.4 Å². The second-order valence-electron chi connectivity index (χ2n) is 12.1. The molecule has 0 bridgehead atoms. The first-order valence-corrected chi connectivity index (χ1v) is 20.2. The molecule has 0 saturated carbocycles. The molecule has 6 aromatic rings. The Morgan fingerprint density at radius 2 is 0.793 bits per heavy atom. The van der Waals surface area contributed by atoms with Crippen molar-refractivity contribution in [1.29, 1.82) is 0 Å². The molecule has 0 aliphatic rings. The molecule has 58 heavy (non-hydrogen) atoms. The van der Waals surface area contributed by atoms with E-state index in [0.29, 0.717) is 37.6 Å². The Balaban J connectivity index is 1.27. The zero-order chi connectivity index (χ0) is 41.1. The largest absolute Gasteiger partial charge is 0.353 e. The summed E-state index contributed by atoms with van der Waals surface area (Å²) in [6.07, 6.45) is 2.54. The standard InChI is InChI=1S/C36H38N14O6S2/c37-17-19-39-31-45-33(41-25-7-3-1-4-8-25)49-35(47-31)43-27-15-13-23(29(21-27)57(51,52)53)11-12-24-14-16-28(22-30(24)58(54,55)56)44-36-48-32(40-20-18-38)46-34(50-36)42-26-9-5-2-6-10-26/h1-16,21-22H,17-20,37-38H2,(H,51,52,53)(H,54,55,56)(H3,39,41,43,45,47,49)(H3,40,42,44,46,48,50)/b12-11+. The van der Waals surface area contributed by atoms with Crippen molar-refractivity contribution in [2.75, 3.05) is 58.1 Å². The highest BCUT2D eigenvalue weighted by atomic mass is 32.2. The van der Waals surface area contributed by atoms with Crippen LogP contribution in [-0.4, -0.2) is 82.0 Å². The molecule has 0 saturated heterocycles. The van der Waals surface area contributed by atoms with Crippen LogP contribution in [0.2, 0.25) is 0 Å². The van der Waals surface area contributed by atoms with Gasteiger partial charge in [-0.15, -0.1) is 0 Å². The summed E-state index contributed by atoms with van der Waals surface area (Å²) in [6.45, 7) is 1.33. The van der Waals surface area contributed by atoms with Crippen LogP contribution in [-0.2, 0) is 20.2 Å². The molecule has 0 spiro atoms. The van der Waals surface area contributed by atoms with Gasteiger partial charge in [0.1, 0.15) is 9.79 Å². The molecule has 22 heteroatoms. The van der Waals surface area contributed by atoms with Crippen LogP contribution in [0.5, 0.6) is 0 Å². The van der Waals surface area contributed by atoms with Crippen LogP contribution in [0.25, 0.3) is 12.2 Å². The van der Waals surface area contributed by atoms with Gasteiger partial charge in [-0.25, -0.2) is 0 Å². The Morgan fingerprint density at radius 1 is 0.466 bits per heavy atom.